The molecule has 0 unspecified atom stereocenters. The Bertz CT molecular complexity index is 177. The molecule has 0 fully saturated rings. The van der Waals surface area contributed by atoms with Crippen molar-refractivity contribution in [2.24, 2.45) is 4.99 Å². The lowest BCUT2D eigenvalue weighted by Gasteiger charge is -2.08. The van der Waals surface area contributed by atoms with E-state index in [0.717, 1.165) is 19.4 Å². The van der Waals surface area contributed by atoms with Crippen molar-refractivity contribution >= 4 is 11.7 Å². The summed E-state index contributed by atoms with van der Waals surface area (Å²) in [5, 5.41) is 0. The van der Waals surface area contributed by atoms with E-state index in [0.29, 0.717) is 12.1 Å². The summed E-state index contributed by atoms with van der Waals surface area (Å²) in [6.07, 6.45) is 2.78. The Labute approximate surface area is 65.1 Å². The van der Waals surface area contributed by atoms with Crippen LogP contribution in [0.25, 0.3) is 0 Å². The van der Waals surface area contributed by atoms with Gasteiger partial charge in [0.05, 0.1) is 7.11 Å². The first-order chi connectivity index (χ1) is 5.34. The van der Waals surface area contributed by atoms with E-state index < -0.39 is 5.97 Å². The second-order valence-corrected chi connectivity index (χ2v) is 2.32. The third kappa shape index (κ3) is 2.31. The zero-order chi connectivity index (χ0) is 8.10. The molecule has 0 bridgehead atoms. The maximum absolute atomic E-state index is 10.9. The summed E-state index contributed by atoms with van der Waals surface area (Å²) in [7, 11) is 1.31. The first-order valence-corrected chi connectivity index (χ1v) is 3.63. The zero-order valence-electron chi connectivity index (χ0n) is 6.50. The number of hydrogen-bond acceptors (Lipinski definition) is 4. The Morgan fingerprint density at radius 2 is 2.36 bits per heavy atom. The highest BCUT2D eigenvalue weighted by molar-refractivity contribution is 6.36. The molecule has 4 nitrogen and oxygen atoms in total. The molecule has 0 saturated carbocycles. The second kappa shape index (κ2) is 4.08. The van der Waals surface area contributed by atoms with Gasteiger partial charge in [-0.15, -0.1) is 0 Å². The Kier molecular flexibility index (Phi) is 3.04. The summed E-state index contributed by atoms with van der Waals surface area (Å²) in [5.74, 6) is -0.452. The molecule has 0 aromatic carbocycles. The van der Waals surface area contributed by atoms with E-state index in [2.05, 4.69) is 14.8 Å². The van der Waals surface area contributed by atoms with Gasteiger partial charge in [-0.1, -0.05) is 0 Å². The maximum atomic E-state index is 10.9. The molecule has 0 saturated heterocycles. The van der Waals surface area contributed by atoms with Gasteiger partial charge in [-0.25, -0.2) is 4.79 Å². The van der Waals surface area contributed by atoms with Gasteiger partial charge in [0.1, 0.15) is 5.71 Å². The van der Waals surface area contributed by atoms with E-state index in [9.17, 15) is 4.79 Å². The van der Waals surface area contributed by atoms with Crippen LogP contribution < -0.4 is 0 Å². The van der Waals surface area contributed by atoms with Crippen molar-refractivity contribution in [3.05, 3.63) is 0 Å². The van der Waals surface area contributed by atoms with Gasteiger partial charge in [0.2, 0.25) is 0 Å². The third-order valence-electron chi connectivity index (χ3n) is 1.52. The fraction of sp³-hybridized carbons (Fsp3) is 0.714. The molecule has 0 spiro atoms. The molecule has 0 atom stereocenters. The number of carbonyl (C=O) groups excluding carboxylic acids is 1. The molecule has 11 heavy (non-hydrogen) atoms. The van der Waals surface area contributed by atoms with Gasteiger partial charge in [0, 0.05) is 6.54 Å². The highest BCUT2D eigenvalue weighted by atomic mass is 17.2. The van der Waals surface area contributed by atoms with Crippen molar-refractivity contribution in [2.45, 2.75) is 19.3 Å². The van der Waals surface area contributed by atoms with Crippen LogP contribution in [0.5, 0.6) is 0 Å². The van der Waals surface area contributed by atoms with Gasteiger partial charge in [-0.2, -0.15) is 4.89 Å². The molecule has 0 aliphatic carbocycles. The Morgan fingerprint density at radius 1 is 1.55 bits per heavy atom. The number of aliphatic imine (C=N–C) groups is 1. The highest BCUT2D eigenvalue weighted by Crippen LogP contribution is 2.06. The first-order valence-electron chi connectivity index (χ1n) is 3.63. The van der Waals surface area contributed by atoms with Crippen LogP contribution in [0.4, 0.5) is 0 Å². The van der Waals surface area contributed by atoms with Crippen LogP contribution in [-0.2, 0) is 14.6 Å². The normalized spacial score (nSPS) is 17.4. The molecule has 62 valence electrons. The summed E-state index contributed by atoms with van der Waals surface area (Å²) >= 11 is 0. The number of carbonyl (C=O) groups is 1. The minimum Gasteiger partial charge on any atom is -0.292 e. The number of hydrogen-bond donors (Lipinski definition) is 0. The van der Waals surface area contributed by atoms with Crippen LogP contribution in [-0.4, -0.2) is 25.3 Å². The lowest BCUT2D eigenvalue weighted by atomic mass is 10.1. The molecule has 0 amide bonds. The van der Waals surface area contributed by atoms with E-state index in [4.69, 9.17) is 0 Å². The first kappa shape index (κ1) is 8.20. The van der Waals surface area contributed by atoms with Gasteiger partial charge in [-0.05, 0) is 19.3 Å². The van der Waals surface area contributed by atoms with E-state index in [1.165, 1.54) is 7.11 Å². The van der Waals surface area contributed by atoms with E-state index in [-0.39, 0.29) is 0 Å². The molecule has 4 heteroatoms. The van der Waals surface area contributed by atoms with Gasteiger partial charge in [0.15, 0.2) is 0 Å². The summed E-state index contributed by atoms with van der Waals surface area (Å²) in [6, 6.07) is 0. The average Bonchev–Trinajstić information content (AvgIpc) is 2.07. The van der Waals surface area contributed by atoms with Gasteiger partial charge in [0.25, 0.3) is 0 Å². The molecule has 0 aromatic heterocycles. The van der Waals surface area contributed by atoms with Gasteiger partial charge >= 0.3 is 5.97 Å². The van der Waals surface area contributed by atoms with Crippen LogP contribution >= 0.6 is 0 Å². The summed E-state index contributed by atoms with van der Waals surface area (Å²) in [4.78, 5) is 23.5. The highest BCUT2D eigenvalue weighted by Gasteiger charge is 2.15. The molecule has 0 N–H and O–H groups in total. The maximum Gasteiger partial charge on any atom is 0.386 e. The van der Waals surface area contributed by atoms with Crippen molar-refractivity contribution in [2.75, 3.05) is 13.7 Å². The fourth-order valence-electron chi connectivity index (χ4n) is 0.988. The van der Waals surface area contributed by atoms with Crippen molar-refractivity contribution in [3.8, 4) is 0 Å². The second-order valence-electron chi connectivity index (χ2n) is 2.32. The monoisotopic (exact) mass is 157 g/mol. The van der Waals surface area contributed by atoms with Crippen molar-refractivity contribution in [1.29, 1.82) is 0 Å². The van der Waals surface area contributed by atoms with Crippen molar-refractivity contribution in [3.63, 3.8) is 0 Å². The molecule has 0 aromatic rings. The van der Waals surface area contributed by atoms with E-state index >= 15 is 0 Å². The fourth-order valence-corrected chi connectivity index (χ4v) is 0.988. The zero-order valence-corrected chi connectivity index (χ0v) is 6.50. The van der Waals surface area contributed by atoms with Crippen LogP contribution in [0.2, 0.25) is 0 Å². The van der Waals surface area contributed by atoms with Crippen LogP contribution in [0.15, 0.2) is 4.99 Å². The summed E-state index contributed by atoms with van der Waals surface area (Å²) < 4.78 is 0. The van der Waals surface area contributed by atoms with Crippen molar-refractivity contribution in [1.82, 2.24) is 0 Å². The Hall–Kier alpha value is -0.900. The predicted octanol–water partition coefficient (Wildman–Crippen LogP) is 0.716. The predicted molar refractivity (Wildman–Crippen MR) is 39.3 cm³/mol. The quantitative estimate of drug-likeness (QED) is 0.438. The largest absolute Gasteiger partial charge is 0.386 e. The lowest BCUT2D eigenvalue weighted by molar-refractivity contribution is -0.247. The smallest absolute Gasteiger partial charge is 0.292 e. The Balaban J connectivity index is 2.44. The van der Waals surface area contributed by atoms with Crippen molar-refractivity contribution < 1.29 is 14.6 Å². The summed E-state index contributed by atoms with van der Waals surface area (Å²) in [5.41, 5.74) is 0.498. The molecular weight excluding hydrogens is 146 g/mol. The number of nitrogens with zero attached hydrogens (tertiary/aromatic N) is 1. The van der Waals surface area contributed by atoms with Crippen LogP contribution in [0.3, 0.4) is 0 Å². The van der Waals surface area contributed by atoms with Gasteiger partial charge in [-0.3, -0.25) is 9.88 Å². The van der Waals surface area contributed by atoms with Crippen LogP contribution in [0, 0.1) is 0 Å². The number of rotatable bonds is 2. The van der Waals surface area contributed by atoms with E-state index in [1.807, 2.05) is 0 Å². The minimum atomic E-state index is -0.452. The SMILES string of the molecule is COOC(=O)C1=NCCCC1. The average molecular weight is 157 g/mol. The third-order valence-corrected chi connectivity index (χ3v) is 1.52. The molecule has 1 aliphatic rings. The van der Waals surface area contributed by atoms with E-state index in [1.54, 1.807) is 0 Å². The lowest BCUT2D eigenvalue weighted by Crippen LogP contribution is -2.20. The Morgan fingerprint density at radius 3 is 2.91 bits per heavy atom. The standard InChI is InChI=1S/C7H11NO3/c1-10-11-7(9)6-4-2-3-5-8-6/h2-5H2,1H3. The summed E-state index contributed by atoms with van der Waals surface area (Å²) in [6.45, 7) is 0.730. The molecular formula is C7H11NO3. The molecule has 1 heterocycles. The molecule has 1 rings (SSSR count). The molecule has 0 radical (unpaired) electrons. The van der Waals surface area contributed by atoms with Gasteiger partial charge < -0.3 is 0 Å². The van der Waals surface area contributed by atoms with Crippen LogP contribution in [0.1, 0.15) is 19.3 Å². The topological polar surface area (TPSA) is 47.9 Å². The molecule has 1 aliphatic heterocycles. The minimum absolute atomic E-state index is 0.452.